The smallest absolute Gasteiger partial charge is 0.191 e. The second-order valence-electron chi connectivity index (χ2n) is 7.32. The highest BCUT2D eigenvalue weighted by Crippen LogP contribution is 2.20. The van der Waals surface area contributed by atoms with Crippen molar-refractivity contribution in [1.82, 2.24) is 10.6 Å². The maximum atomic E-state index is 10.6. The molecule has 2 aromatic rings. The fourth-order valence-electron chi connectivity index (χ4n) is 2.82. The quantitative estimate of drug-likeness (QED) is 0.159. The highest BCUT2D eigenvalue weighted by molar-refractivity contribution is 14.0. The topological polar surface area (TPSA) is 84.3 Å². The zero-order valence-corrected chi connectivity index (χ0v) is 21.7. The Morgan fingerprint density at radius 1 is 1.03 bits per heavy atom. The summed E-state index contributed by atoms with van der Waals surface area (Å²) in [6.45, 7) is 8.63. The predicted molar refractivity (Wildman–Crippen MR) is 139 cm³/mol. The highest BCUT2D eigenvalue weighted by atomic mass is 127. The summed E-state index contributed by atoms with van der Waals surface area (Å²) in [7, 11) is 1.65. The van der Waals surface area contributed by atoms with E-state index in [1.165, 1.54) is 0 Å². The number of halogens is 1. The molecule has 0 amide bonds. The number of guanidine groups is 1. The van der Waals surface area contributed by atoms with E-state index in [4.69, 9.17) is 14.2 Å². The summed E-state index contributed by atoms with van der Waals surface area (Å²) < 4.78 is 16.3. The van der Waals surface area contributed by atoms with Gasteiger partial charge in [-0.2, -0.15) is 0 Å². The molecule has 32 heavy (non-hydrogen) atoms. The second-order valence-corrected chi connectivity index (χ2v) is 7.32. The van der Waals surface area contributed by atoms with Gasteiger partial charge in [0.2, 0.25) is 0 Å². The number of aliphatic imine (C=N–C) groups is 1. The molecule has 1 unspecified atom stereocenters. The molecule has 8 heteroatoms. The highest BCUT2D eigenvalue weighted by Gasteiger charge is 2.10. The van der Waals surface area contributed by atoms with Crippen molar-refractivity contribution in [3.8, 4) is 11.5 Å². The Morgan fingerprint density at radius 3 is 2.44 bits per heavy atom. The van der Waals surface area contributed by atoms with E-state index in [1.54, 1.807) is 7.11 Å². The molecular weight excluding hydrogens is 521 g/mol. The lowest BCUT2D eigenvalue weighted by Gasteiger charge is -2.17. The zero-order valence-electron chi connectivity index (χ0n) is 19.3. The number of ether oxygens (including phenoxy) is 3. The molecule has 0 bridgehead atoms. The van der Waals surface area contributed by atoms with E-state index < -0.39 is 6.10 Å². The minimum Gasteiger partial charge on any atom is -0.491 e. The molecule has 2 rings (SSSR count). The molecule has 0 aliphatic rings. The van der Waals surface area contributed by atoms with Gasteiger partial charge in [-0.05, 0) is 56.2 Å². The van der Waals surface area contributed by atoms with Crippen LogP contribution in [0.2, 0.25) is 0 Å². The number of rotatable bonds is 12. The van der Waals surface area contributed by atoms with Gasteiger partial charge in [0.25, 0.3) is 0 Å². The van der Waals surface area contributed by atoms with Crippen molar-refractivity contribution in [1.29, 1.82) is 0 Å². The van der Waals surface area contributed by atoms with Crippen LogP contribution in [0.4, 0.5) is 0 Å². The number of nitrogens with zero attached hydrogens (tertiary/aromatic N) is 1. The van der Waals surface area contributed by atoms with Crippen LogP contribution in [0.3, 0.4) is 0 Å². The molecule has 2 aromatic carbocycles. The van der Waals surface area contributed by atoms with Gasteiger partial charge >= 0.3 is 0 Å². The van der Waals surface area contributed by atoms with Crippen molar-refractivity contribution in [2.24, 2.45) is 4.99 Å². The molecule has 0 spiro atoms. The minimum atomic E-state index is -0.678. The van der Waals surface area contributed by atoms with Crippen LogP contribution in [0.15, 0.2) is 53.5 Å². The standard InChI is InChI=1S/C24H35N3O4.HI/c1-5-25-24(26-16-19-9-11-21(12-10-19)30-14-13-29-4)27-17-23(28)20-7-6-8-22(15-20)31-18(2)3;/h6-12,15,18,23,28H,5,13-14,16-17H2,1-4H3,(H2,25,26,27);1H. The normalized spacial score (nSPS) is 12.1. The molecule has 3 N–H and O–H groups in total. The van der Waals surface area contributed by atoms with Crippen molar-refractivity contribution in [3.63, 3.8) is 0 Å². The maximum Gasteiger partial charge on any atom is 0.191 e. The number of nitrogens with one attached hydrogen (secondary N) is 2. The first-order chi connectivity index (χ1) is 15.0. The lowest BCUT2D eigenvalue weighted by molar-refractivity contribution is 0.146. The van der Waals surface area contributed by atoms with Crippen LogP contribution in [0.25, 0.3) is 0 Å². The van der Waals surface area contributed by atoms with Gasteiger partial charge in [-0.1, -0.05) is 24.3 Å². The first kappa shape index (κ1) is 28.0. The first-order valence-electron chi connectivity index (χ1n) is 10.7. The van der Waals surface area contributed by atoms with Gasteiger partial charge in [0.05, 0.1) is 25.4 Å². The average Bonchev–Trinajstić information content (AvgIpc) is 2.76. The van der Waals surface area contributed by atoms with Crippen LogP contribution < -0.4 is 20.1 Å². The monoisotopic (exact) mass is 557 g/mol. The van der Waals surface area contributed by atoms with Gasteiger partial charge in [0.15, 0.2) is 5.96 Å². The number of aliphatic hydroxyl groups is 1. The van der Waals surface area contributed by atoms with Crippen molar-refractivity contribution in [2.45, 2.75) is 39.5 Å². The molecule has 7 nitrogen and oxygen atoms in total. The molecular formula is C24H36IN3O4. The van der Waals surface area contributed by atoms with Gasteiger partial charge in [-0.15, -0.1) is 24.0 Å². The van der Waals surface area contributed by atoms with Crippen LogP contribution in [0.1, 0.15) is 38.0 Å². The Morgan fingerprint density at radius 2 is 1.78 bits per heavy atom. The van der Waals surface area contributed by atoms with Crippen molar-refractivity contribution < 1.29 is 19.3 Å². The van der Waals surface area contributed by atoms with Crippen LogP contribution in [0, 0.1) is 0 Å². The fraction of sp³-hybridized carbons (Fsp3) is 0.458. The third-order valence-electron chi connectivity index (χ3n) is 4.32. The largest absolute Gasteiger partial charge is 0.491 e. The van der Waals surface area contributed by atoms with Gasteiger partial charge in [-0.3, -0.25) is 0 Å². The summed E-state index contributed by atoms with van der Waals surface area (Å²) in [6.07, 6.45) is -0.591. The third-order valence-corrected chi connectivity index (χ3v) is 4.32. The van der Waals surface area contributed by atoms with E-state index in [9.17, 15) is 5.11 Å². The summed E-state index contributed by atoms with van der Waals surface area (Å²) in [5.41, 5.74) is 1.86. The molecule has 0 fully saturated rings. The van der Waals surface area contributed by atoms with E-state index in [1.807, 2.05) is 69.3 Å². The molecule has 0 saturated heterocycles. The lowest BCUT2D eigenvalue weighted by Crippen LogP contribution is -2.39. The molecule has 1 atom stereocenters. The van der Waals surface area contributed by atoms with E-state index >= 15 is 0 Å². The van der Waals surface area contributed by atoms with E-state index in [2.05, 4.69) is 15.6 Å². The van der Waals surface area contributed by atoms with Crippen molar-refractivity contribution in [3.05, 3.63) is 59.7 Å². The van der Waals surface area contributed by atoms with Crippen molar-refractivity contribution in [2.75, 3.05) is 33.4 Å². The maximum absolute atomic E-state index is 10.6. The summed E-state index contributed by atoms with van der Waals surface area (Å²) >= 11 is 0. The first-order valence-corrected chi connectivity index (χ1v) is 10.7. The predicted octanol–water partition coefficient (Wildman–Crippen LogP) is 3.91. The Labute approximate surface area is 208 Å². The molecule has 0 heterocycles. The van der Waals surface area contributed by atoms with Gasteiger partial charge in [0.1, 0.15) is 18.1 Å². The molecule has 0 radical (unpaired) electrons. The summed E-state index contributed by atoms with van der Waals surface area (Å²) in [5, 5.41) is 17.0. The zero-order chi connectivity index (χ0) is 22.5. The van der Waals surface area contributed by atoms with Crippen LogP contribution in [-0.4, -0.2) is 50.6 Å². The Kier molecular flexibility index (Phi) is 13.7. The van der Waals surface area contributed by atoms with E-state index in [0.717, 1.165) is 29.2 Å². The van der Waals surface area contributed by atoms with Crippen LogP contribution >= 0.6 is 24.0 Å². The SMILES string of the molecule is CCNC(=NCc1ccc(OCCOC)cc1)NCC(O)c1cccc(OC(C)C)c1.I. The third kappa shape index (κ3) is 10.5. The Hall–Kier alpha value is -2.04. The summed E-state index contributed by atoms with van der Waals surface area (Å²) in [4.78, 5) is 4.61. The molecule has 0 aliphatic heterocycles. The fourth-order valence-corrected chi connectivity index (χ4v) is 2.82. The number of hydrogen-bond donors (Lipinski definition) is 3. The van der Waals surface area contributed by atoms with Crippen LogP contribution in [-0.2, 0) is 11.3 Å². The number of methoxy groups -OCH3 is 1. The summed E-state index contributed by atoms with van der Waals surface area (Å²) in [6, 6.07) is 15.4. The number of hydrogen-bond acceptors (Lipinski definition) is 5. The summed E-state index contributed by atoms with van der Waals surface area (Å²) in [5.74, 6) is 2.21. The molecule has 0 aromatic heterocycles. The molecule has 0 aliphatic carbocycles. The van der Waals surface area contributed by atoms with E-state index in [-0.39, 0.29) is 30.1 Å². The Bertz CT molecular complexity index is 800. The van der Waals surface area contributed by atoms with Crippen LogP contribution in [0.5, 0.6) is 11.5 Å². The average molecular weight is 557 g/mol. The van der Waals surface area contributed by atoms with Gasteiger partial charge in [-0.25, -0.2) is 4.99 Å². The van der Waals surface area contributed by atoms with Gasteiger partial charge in [0, 0.05) is 20.2 Å². The molecule has 178 valence electrons. The number of aliphatic hydroxyl groups excluding tert-OH is 1. The minimum absolute atomic E-state index is 0. The Balaban J connectivity index is 0.00000512. The van der Waals surface area contributed by atoms with Crippen molar-refractivity contribution >= 4 is 29.9 Å². The van der Waals surface area contributed by atoms with E-state index in [0.29, 0.717) is 32.3 Å². The lowest BCUT2D eigenvalue weighted by atomic mass is 10.1. The van der Waals surface area contributed by atoms with Gasteiger partial charge < -0.3 is 30.0 Å². The molecule has 0 saturated carbocycles. The number of benzene rings is 2. The second kappa shape index (κ2) is 15.7.